The molecule has 2 aliphatic rings. The molecule has 1 N–H and O–H groups in total. The fourth-order valence-electron chi connectivity index (χ4n) is 2.09. The summed E-state index contributed by atoms with van der Waals surface area (Å²) in [5.41, 5.74) is 1.52. The first-order valence-electron chi connectivity index (χ1n) is 4.12. The van der Waals surface area contributed by atoms with Crippen LogP contribution in [0.3, 0.4) is 0 Å². The van der Waals surface area contributed by atoms with Gasteiger partial charge in [0.05, 0.1) is 6.10 Å². The molecule has 0 aromatic heterocycles. The summed E-state index contributed by atoms with van der Waals surface area (Å²) in [6.45, 7) is 4.02. The smallest absolute Gasteiger partial charge is 0.0633 e. The molecule has 2 rings (SSSR count). The molecule has 0 radical (unpaired) electrons. The third-order valence-corrected chi connectivity index (χ3v) is 3.09. The van der Waals surface area contributed by atoms with Gasteiger partial charge in [-0.05, 0) is 32.1 Å². The van der Waals surface area contributed by atoms with Crippen molar-refractivity contribution in [3.05, 3.63) is 12.2 Å². The van der Waals surface area contributed by atoms with Gasteiger partial charge >= 0.3 is 0 Å². The maximum atomic E-state index is 9.61. The van der Waals surface area contributed by atoms with Crippen LogP contribution in [0.25, 0.3) is 0 Å². The maximum absolute atomic E-state index is 9.61. The fourth-order valence-corrected chi connectivity index (χ4v) is 2.09. The summed E-state index contributed by atoms with van der Waals surface area (Å²) < 4.78 is 0. The molecular weight excluding hydrogens is 124 g/mol. The molecule has 1 spiro atoms. The summed E-state index contributed by atoms with van der Waals surface area (Å²) in [5, 5.41) is 9.61. The average Bonchev–Trinajstić information content (AvgIpc) is 2.64. The van der Waals surface area contributed by atoms with Crippen LogP contribution in [0.15, 0.2) is 12.2 Å². The molecule has 0 heterocycles. The van der Waals surface area contributed by atoms with E-state index < -0.39 is 0 Å². The highest BCUT2D eigenvalue weighted by molar-refractivity contribution is 5.23. The lowest BCUT2D eigenvalue weighted by Gasteiger charge is -2.29. The van der Waals surface area contributed by atoms with E-state index in [1.54, 1.807) is 0 Å². The Hall–Kier alpha value is -0.300. The normalized spacial score (nSPS) is 36.5. The van der Waals surface area contributed by atoms with Crippen molar-refractivity contribution in [2.45, 2.75) is 38.2 Å². The zero-order valence-corrected chi connectivity index (χ0v) is 6.27. The van der Waals surface area contributed by atoms with Crippen LogP contribution in [0.5, 0.6) is 0 Å². The Labute approximate surface area is 61.8 Å². The Balaban J connectivity index is 2.18. The first-order valence-corrected chi connectivity index (χ1v) is 4.12. The predicted octanol–water partition coefficient (Wildman–Crippen LogP) is 1.87. The molecular formula is C9H14O. The molecule has 0 aliphatic heterocycles. The lowest BCUT2D eigenvalue weighted by atomic mass is 9.80. The number of hydrogen-bond acceptors (Lipinski definition) is 1. The molecule has 2 fully saturated rings. The molecule has 0 saturated heterocycles. The van der Waals surface area contributed by atoms with Gasteiger partial charge in [-0.2, -0.15) is 0 Å². The maximum Gasteiger partial charge on any atom is 0.0633 e. The second-order valence-corrected chi connectivity index (χ2v) is 3.67. The zero-order chi connectivity index (χ0) is 7.19. The zero-order valence-electron chi connectivity index (χ0n) is 6.27. The van der Waals surface area contributed by atoms with Crippen molar-refractivity contribution in [2.75, 3.05) is 0 Å². The van der Waals surface area contributed by atoms with E-state index >= 15 is 0 Å². The molecule has 56 valence electrons. The van der Waals surface area contributed by atoms with E-state index in [1.165, 1.54) is 18.4 Å². The van der Waals surface area contributed by atoms with Gasteiger partial charge in [0.2, 0.25) is 0 Å². The highest BCUT2D eigenvalue weighted by Gasteiger charge is 2.51. The van der Waals surface area contributed by atoms with Crippen LogP contribution in [0.4, 0.5) is 0 Å². The SMILES string of the molecule is C=C1CCCC(O)C12CC2. The fraction of sp³-hybridized carbons (Fsp3) is 0.778. The Kier molecular flexibility index (Phi) is 1.19. The van der Waals surface area contributed by atoms with E-state index in [4.69, 9.17) is 0 Å². The summed E-state index contributed by atoms with van der Waals surface area (Å²) in [6.07, 6.45) is 5.60. The van der Waals surface area contributed by atoms with E-state index in [-0.39, 0.29) is 11.5 Å². The second kappa shape index (κ2) is 1.85. The van der Waals surface area contributed by atoms with E-state index in [0.717, 1.165) is 19.3 Å². The van der Waals surface area contributed by atoms with E-state index in [9.17, 15) is 5.11 Å². The lowest BCUT2D eigenvalue weighted by molar-refractivity contribution is 0.0851. The van der Waals surface area contributed by atoms with Crippen LogP contribution in [0.1, 0.15) is 32.1 Å². The quantitative estimate of drug-likeness (QED) is 0.507. The molecule has 0 aromatic rings. The molecule has 1 nitrogen and oxygen atoms in total. The van der Waals surface area contributed by atoms with Crippen LogP contribution in [-0.2, 0) is 0 Å². The Morgan fingerprint density at radius 2 is 2.20 bits per heavy atom. The molecule has 2 saturated carbocycles. The highest BCUT2D eigenvalue weighted by atomic mass is 16.3. The Bertz CT molecular complexity index is 168. The number of hydrogen-bond donors (Lipinski definition) is 1. The van der Waals surface area contributed by atoms with Crippen LogP contribution in [0, 0.1) is 5.41 Å². The molecule has 10 heavy (non-hydrogen) atoms. The van der Waals surface area contributed by atoms with E-state index in [1.807, 2.05) is 0 Å². The van der Waals surface area contributed by atoms with Crippen molar-refractivity contribution in [3.63, 3.8) is 0 Å². The number of rotatable bonds is 0. The van der Waals surface area contributed by atoms with Gasteiger partial charge in [0.25, 0.3) is 0 Å². The van der Waals surface area contributed by atoms with Gasteiger partial charge in [-0.3, -0.25) is 0 Å². The standard InChI is InChI=1S/C9H14O/c1-7-3-2-4-8(10)9(7)5-6-9/h8,10H,1-6H2. The molecule has 0 amide bonds. The summed E-state index contributed by atoms with van der Waals surface area (Å²) >= 11 is 0. The molecule has 1 unspecified atom stereocenters. The summed E-state index contributed by atoms with van der Waals surface area (Å²) in [7, 11) is 0. The average molecular weight is 138 g/mol. The molecule has 1 atom stereocenters. The van der Waals surface area contributed by atoms with Gasteiger partial charge in [0.15, 0.2) is 0 Å². The first kappa shape index (κ1) is 6.41. The molecule has 0 bridgehead atoms. The largest absolute Gasteiger partial charge is 0.392 e. The number of aliphatic hydroxyl groups excluding tert-OH is 1. The van der Waals surface area contributed by atoms with Crippen molar-refractivity contribution in [3.8, 4) is 0 Å². The summed E-state index contributed by atoms with van der Waals surface area (Å²) in [6, 6.07) is 0. The lowest BCUT2D eigenvalue weighted by Crippen LogP contribution is -2.27. The van der Waals surface area contributed by atoms with Crippen molar-refractivity contribution in [1.82, 2.24) is 0 Å². The van der Waals surface area contributed by atoms with Gasteiger partial charge < -0.3 is 5.11 Å². The van der Waals surface area contributed by atoms with Gasteiger partial charge in [0, 0.05) is 5.41 Å². The Morgan fingerprint density at radius 3 is 2.60 bits per heavy atom. The summed E-state index contributed by atoms with van der Waals surface area (Å²) in [5.74, 6) is 0. The minimum atomic E-state index is -0.0613. The van der Waals surface area contributed by atoms with E-state index in [2.05, 4.69) is 6.58 Å². The van der Waals surface area contributed by atoms with Crippen LogP contribution in [-0.4, -0.2) is 11.2 Å². The van der Waals surface area contributed by atoms with Crippen molar-refractivity contribution in [1.29, 1.82) is 0 Å². The monoisotopic (exact) mass is 138 g/mol. The molecule has 1 heteroatoms. The summed E-state index contributed by atoms with van der Waals surface area (Å²) in [4.78, 5) is 0. The first-order chi connectivity index (χ1) is 4.76. The third-order valence-electron chi connectivity index (χ3n) is 3.09. The van der Waals surface area contributed by atoms with E-state index in [0.29, 0.717) is 0 Å². The van der Waals surface area contributed by atoms with Gasteiger partial charge in [0.1, 0.15) is 0 Å². The topological polar surface area (TPSA) is 20.2 Å². The molecule has 0 aromatic carbocycles. The van der Waals surface area contributed by atoms with Crippen LogP contribution in [0.2, 0.25) is 0 Å². The molecule has 2 aliphatic carbocycles. The van der Waals surface area contributed by atoms with Crippen molar-refractivity contribution < 1.29 is 5.11 Å². The minimum Gasteiger partial charge on any atom is -0.392 e. The predicted molar refractivity (Wildman–Crippen MR) is 40.7 cm³/mol. The Morgan fingerprint density at radius 1 is 1.50 bits per heavy atom. The highest BCUT2D eigenvalue weighted by Crippen LogP contribution is 2.58. The van der Waals surface area contributed by atoms with Crippen molar-refractivity contribution in [2.24, 2.45) is 5.41 Å². The van der Waals surface area contributed by atoms with Crippen LogP contribution < -0.4 is 0 Å². The van der Waals surface area contributed by atoms with Gasteiger partial charge in [-0.25, -0.2) is 0 Å². The van der Waals surface area contributed by atoms with Crippen LogP contribution >= 0.6 is 0 Å². The number of aliphatic hydroxyl groups is 1. The van der Waals surface area contributed by atoms with Gasteiger partial charge in [-0.1, -0.05) is 12.2 Å². The van der Waals surface area contributed by atoms with Gasteiger partial charge in [-0.15, -0.1) is 0 Å². The second-order valence-electron chi connectivity index (χ2n) is 3.67. The third kappa shape index (κ3) is 0.671. The van der Waals surface area contributed by atoms with Crippen molar-refractivity contribution >= 4 is 0 Å². The minimum absolute atomic E-state index is 0.0613.